The molecule has 2 rings (SSSR count). The van der Waals surface area contributed by atoms with Crippen molar-refractivity contribution in [2.24, 2.45) is 5.84 Å². The number of hydrazine groups is 1. The van der Waals surface area contributed by atoms with E-state index in [0.29, 0.717) is 0 Å². The van der Waals surface area contributed by atoms with Gasteiger partial charge in [0.15, 0.2) is 6.04 Å². The molecule has 7 nitrogen and oxygen atoms in total. The van der Waals surface area contributed by atoms with Gasteiger partial charge < -0.3 is 4.90 Å². The van der Waals surface area contributed by atoms with Crippen LogP contribution in [0.1, 0.15) is 22.1 Å². The van der Waals surface area contributed by atoms with Gasteiger partial charge >= 0.3 is 0 Å². The molecule has 0 saturated heterocycles. The Morgan fingerprint density at radius 2 is 1.90 bits per heavy atom. The Morgan fingerprint density at radius 1 is 1.24 bits per heavy atom. The average Bonchev–Trinajstić information content (AvgIpc) is 2.96. The van der Waals surface area contributed by atoms with E-state index in [1.54, 1.807) is 38.5 Å². The number of carbonyl (C=O) groups excluding carboxylic acids is 2. The maximum atomic E-state index is 12.0. The summed E-state index contributed by atoms with van der Waals surface area (Å²) in [5.74, 6) is 4.61. The fourth-order valence-corrected chi connectivity index (χ4v) is 1.96. The number of aromatic nitrogens is 2. The maximum absolute atomic E-state index is 12.0. The number of hydrogen-bond acceptors (Lipinski definition) is 4. The highest BCUT2D eigenvalue weighted by molar-refractivity contribution is 5.92. The van der Waals surface area contributed by atoms with Gasteiger partial charge in [-0.2, -0.15) is 5.10 Å². The molecule has 110 valence electrons. The first-order chi connectivity index (χ1) is 10.0. The van der Waals surface area contributed by atoms with Crippen molar-refractivity contribution >= 4 is 11.8 Å². The van der Waals surface area contributed by atoms with E-state index in [2.05, 4.69) is 10.5 Å². The van der Waals surface area contributed by atoms with Gasteiger partial charge in [-0.25, -0.2) is 5.84 Å². The summed E-state index contributed by atoms with van der Waals surface area (Å²) < 4.78 is 1.42. The number of rotatable bonds is 4. The van der Waals surface area contributed by atoms with Crippen LogP contribution in [0.4, 0.5) is 0 Å². The molecule has 1 aromatic heterocycles. The van der Waals surface area contributed by atoms with Gasteiger partial charge in [0.2, 0.25) is 0 Å². The van der Waals surface area contributed by atoms with E-state index in [4.69, 9.17) is 5.84 Å². The fourth-order valence-electron chi connectivity index (χ4n) is 1.96. The third-order valence-corrected chi connectivity index (χ3v) is 3.00. The highest BCUT2D eigenvalue weighted by atomic mass is 16.2. The normalized spacial score (nSPS) is 11.8. The average molecular weight is 287 g/mol. The highest BCUT2D eigenvalue weighted by Crippen LogP contribution is 2.18. The van der Waals surface area contributed by atoms with E-state index in [1.807, 2.05) is 18.2 Å². The molecule has 21 heavy (non-hydrogen) atoms. The first kappa shape index (κ1) is 14.7. The zero-order valence-electron chi connectivity index (χ0n) is 11.9. The van der Waals surface area contributed by atoms with E-state index < -0.39 is 11.9 Å². The molecule has 1 unspecified atom stereocenters. The molecule has 2 amide bonds. The SMILES string of the molecule is CN(C)C(=O)c1ccn(C(C(=O)NN)c2ccccc2)n1. The second-order valence-corrected chi connectivity index (χ2v) is 4.70. The van der Waals surface area contributed by atoms with Crippen molar-refractivity contribution in [1.29, 1.82) is 0 Å². The lowest BCUT2D eigenvalue weighted by Gasteiger charge is -2.16. The van der Waals surface area contributed by atoms with Crippen molar-refractivity contribution in [3.63, 3.8) is 0 Å². The van der Waals surface area contributed by atoms with Crippen LogP contribution < -0.4 is 11.3 Å². The maximum Gasteiger partial charge on any atom is 0.273 e. The van der Waals surface area contributed by atoms with E-state index in [9.17, 15) is 9.59 Å². The number of amides is 2. The minimum atomic E-state index is -0.722. The summed E-state index contributed by atoms with van der Waals surface area (Å²) in [5, 5.41) is 4.19. The van der Waals surface area contributed by atoms with Crippen molar-refractivity contribution in [3.8, 4) is 0 Å². The van der Waals surface area contributed by atoms with Gasteiger partial charge in [0.1, 0.15) is 5.69 Å². The molecule has 3 N–H and O–H groups in total. The first-order valence-corrected chi connectivity index (χ1v) is 6.37. The summed E-state index contributed by atoms with van der Waals surface area (Å²) in [6, 6.07) is 9.94. The summed E-state index contributed by atoms with van der Waals surface area (Å²) >= 11 is 0. The van der Waals surface area contributed by atoms with Crippen LogP contribution in [0.2, 0.25) is 0 Å². The van der Waals surface area contributed by atoms with Gasteiger partial charge in [0.05, 0.1) is 0 Å². The summed E-state index contributed by atoms with van der Waals surface area (Å²) in [6.45, 7) is 0. The van der Waals surface area contributed by atoms with Crippen LogP contribution >= 0.6 is 0 Å². The predicted octanol–water partition coefficient (Wildman–Crippen LogP) is 0.164. The molecule has 0 aliphatic rings. The summed E-state index contributed by atoms with van der Waals surface area (Å²) in [5.41, 5.74) is 3.13. The van der Waals surface area contributed by atoms with E-state index in [-0.39, 0.29) is 11.6 Å². The van der Waals surface area contributed by atoms with Gasteiger partial charge in [-0.1, -0.05) is 30.3 Å². The standard InChI is InChI=1S/C14H17N5O2/c1-18(2)14(21)11-8-9-19(17-11)12(13(20)16-15)10-6-4-3-5-7-10/h3-9,12H,15H2,1-2H3,(H,16,20). The molecule has 0 radical (unpaired) electrons. The van der Waals surface area contributed by atoms with Gasteiger partial charge in [0.25, 0.3) is 11.8 Å². The van der Waals surface area contributed by atoms with Crippen molar-refractivity contribution in [1.82, 2.24) is 20.1 Å². The quantitative estimate of drug-likeness (QED) is 0.476. The van der Waals surface area contributed by atoms with Crippen LogP contribution in [0.15, 0.2) is 42.6 Å². The number of benzene rings is 1. The van der Waals surface area contributed by atoms with Crippen LogP contribution in [0.5, 0.6) is 0 Å². The summed E-state index contributed by atoms with van der Waals surface area (Å²) in [4.78, 5) is 25.3. The smallest absolute Gasteiger partial charge is 0.273 e. The van der Waals surface area contributed by atoms with Crippen molar-refractivity contribution < 1.29 is 9.59 Å². The lowest BCUT2D eigenvalue weighted by molar-refractivity contribution is -0.123. The number of nitrogens with zero attached hydrogens (tertiary/aromatic N) is 3. The Labute approximate surface area is 122 Å². The summed E-state index contributed by atoms with van der Waals surface area (Å²) in [7, 11) is 3.28. The molecular weight excluding hydrogens is 270 g/mol. The molecule has 7 heteroatoms. The monoisotopic (exact) mass is 287 g/mol. The van der Waals surface area contributed by atoms with Gasteiger partial charge in [-0.3, -0.25) is 19.7 Å². The molecule has 0 bridgehead atoms. The Kier molecular flexibility index (Phi) is 4.34. The minimum absolute atomic E-state index is 0.228. The zero-order valence-corrected chi connectivity index (χ0v) is 11.9. The molecule has 2 aromatic rings. The first-order valence-electron chi connectivity index (χ1n) is 6.37. The molecule has 0 spiro atoms. The van der Waals surface area contributed by atoms with Gasteiger partial charge in [-0.15, -0.1) is 0 Å². The van der Waals surface area contributed by atoms with Gasteiger partial charge in [0, 0.05) is 20.3 Å². The molecule has 0 aliphatic carbocycles. The zero-order chi connectivity index (χ0) is 15.4. The van der Waals surface area contributed by atoms with Gasteiger partial charge in [-0.05, 0) is 11.6 Å². The largest absolute Gasteiger partial charge is 0.343 e. The molecule has 0 saturated carbocycles. The Morgan fingerprint density at radius 3 is 2.48 bits per heavy atom. The highest BCUT2D eigenvalue weighted by Gasteiger charge is 2.24. The molecule has 1 heterocycles. The Hall–Kier alpha value is -2.67. The number of carbonyl (C=O) groups is 2. The molecule has 1 atom stereocenters. The number of hydrogen-bond donors (Lipinski definition) is 2. The predicted molar refractivity (Wildman–Crippen MR) is 77.2 cm³/mol. The second kappa shape index (κ2) is 6.19. The van der Waals surface area contributed by atoms with Crippen molar-refractivity contribution in [2.75, 3.05) is 14.1 Å². The van der Waals surface area contributed by atoms with Crippen LogP contribution in [-0.4, -0.2) is 40.6 Å². The third kappa shape index (κ3) is 3.09. The minimum Gasteiger partial charge on any atom is -0.343 e. The lowest BCUT2D eigenvalue weighted by atomic mass is 10.1. The van der Waals surface area contributed by atoms with E-state index >= 15 is 0 Å². The molecular formula is C14H17N5O2. The van der Waals surface area contributed by atoms with Crippen LogP contribution in [0.25, 0.3) is 0 Å². The second-order valence-electron chi connectivity index (χ2n) is 4.70. The lowest BCUT2D eigenvalue weighted by Crippen LogP contribution is -2.38. The number of nitrogens with one attached hydrogen (secondary N) is 1. The van der Waals surface area contributed by atoms with Crippen molar-refractivity contribution in [3.05, 3.63) is 53.9 Å². The molecule has 0 fully saturated rings. The molecule has 0 aliphatic heterocycles. The van der Waals surface area contributed by atoms with E-state index in [1.165, 1.54) is 9.58 Å². The third-order valence-electron chi connectivity index (χ3n) is 3.00. The van der Waals surface area contributed by atoms with Crippen LogP contribution in [-0.2, 0) is 4.79 Å². The van der Waals surface area contributed by atoms with Crippen LogP contribution in [0, 0.1) is 0 Å². The topological polar surface area (TPSA) is 93.2 Å². The van der Waals surface area contributed by atoms with E-state index in [0.717, 1.165) is 5.56 Å². The number of nitrogens with two attached hydrogens (primary N) is 1. The Balaban J connectivity index is 2.39. The molecule has 1 aromatic carbocycles. The fraction of sp³-hybridized carbons (Fsp3) is 0.214. The van der Waals surface area contributed by atoms with Crippen molar-refractivity contribution in [2.45, 2.75) is 6.04 Å². The van der Waals surface area contributed by atoms with Crippen LogP contribution in [0.3, 0.4) is 0 Å². The Bertz CT molecular complexity index is 636. The summed E-state index contributed by atoms with van der Waals surface area (Å²) in [6.07, 6.45) is 1.59.